The number of ether oxygens (including phenoxy) is 1. The average molecular weight is 345 g/mol. The van der Waals surface area contributed by atoms with E-state index in [0.29, 0.717) is 18.0 Å². The van der Waals surface area contributed by atoms with Crippen molar-refractivity contribution < 1.29 is 14.6 Å². The summed E-state index contributed by atoms with van der Waals surface area (Å²) < 4.78 is 6.71. The Labute approximate surface area is 143 Å². The molecule has 0 unspecified atom stereocenters. The van der Waals surface area contributed by atoms with Crippen molar-refractivity contribution in [2.75, 3.05) is 6.61 Å². The summed E-state index contributed by atoms with van der Waals surface area (Å²) in [4.78, 5) is 13.3. The molecule has 126 valence electrons. The number of hydrogen-bond donors (Lipinski definition) is 1. The van der Waals surface area contributed by atoms with E-state index in [-0.39, 0.29) is 5.97 Å². The lowest BCUT2D eigenvalue weighted by Crippen LogP contribution is -2.26. The third-order valence-electron chi connectivity index (χ3n) is 3.42. The molecule has 1 N–H and O–H groups in total. The van der Waals surface area contributed by atoms with Crippen molar-refractivity contribution in [3.63, 3.8) is 0 Å². The van der Waals surface area contributed by atoms with E-state index in [1.165, 1.54) is 11.3 Å². The van der Waals surface area contributed by atoms with E-state index < -0.39 is 5.60 Å². The summed E-state index contributed by atoms with van der Waals surface area (Å²) in [7, 11) is 0. The molecule has 6 nitrogen and oxygen atoms in total. The molecule has 0 aliphatic carbocycles. The zero-order chi connectivity index (χ0) is 17.3. The zero-order valence-corrected chi connectivity index (χ0v) is 14.6. The number of rotatable bonds is 5. The molecule has 0 bridgehead atoms. The molecule has 0 spiro atoms. The molecule has 0 amide bonds. The molecule has 3 aromatic rings. The number of carbonyl (C=O) groups is 1. The van der Waals surface area contributed by atoms with Crippen LogP contribution in [0.15, 0.2) is 30.3 Å². The first-order chi connectivity index (χ1) is 11.4. The van der Waals surface area contributed by atoms with Crippen molar-refractivity contribution >= 4 is 28.3 Å². The van der Waals surface area contributed by atoms with Crippen LogP contribution in [0.25, 0.3) is 21.5 Å². The summed E-state index contributed by atoms with van der Waals surface area (Å²) in [6, 6.07) is 9.50. The van der Waals surface area contributed by atoms with Gasteiger partial charge >= 0.3 is 5.97 Å². The van der Waals surface area contributed by atoms with Crippen molar-refractivity contribution in [1.82, 2.24) is 15.0 Å². The predicted octanol–water partition coefficient (Wildman–Crippen LogP) is 3.11. The molecule has 2 aromatic heterocycles. The topological polar surface area (TPSA) is 77.2 Å². The molecule has 0 atom stereocenters. The van der Waals surface area contributed by atoms with Crippen LogP contribution in [0.5, 0.6) is 0 Å². The molecule has 0 radical (unpaired) electrons. The Balaban J connectivity index is 1.90. The molecule has 7 heteroatoms. The largest absolute Gasteiger partial charge is 0.462 e. The maximum Gasteiger partial charge on any atom is 0.348 e. The predicted molar refractivity (Wildman–Crippen MR) is 93.1 cm³/mol. The molecule has 0 aliphatic rings. The van der Waals surface area contributed by atoms with Crippen LogP contribution >= 0.6 is 11.3 Å². The maximum absolute atomic E-state index is 11.8. The van der Waals surface area contributed by atoms with Gasteiger partial charge in [-0.1, -0.05) is 11.3 Å². The number of aromatic nitrogens is 3. The number of hydrogen-bond acceptors (Lipinski definition) is 6. The second-order valence-electron chi connectivity index (χ2n) is 6.15. The lowest BCUT2D eigenvalue weighted by atomic mass is 10.1. The Hall–Kier alpha value is -2.25. The Morgan fingerprint density at radius 2 is 2.12 bits per heavy atom. The van der Waals surface area contributed by atoms with Gasteiger partial charge in [-0.2, -0.15) is 0 Å². The highest BCUT2D eigenvalue weighted by atomic mass is 32.1. The Morgan fingerprint density at radius 3 is 2.83 bits per heavy atom. The van der Waals surface area contributed by atoms with Gasteiger partial charge in [0, 0.05) is 4.88 Å². The van der Waals surface area contributed by atoms with Crippen molar-refractivity contribution in [3.8, 4) is 10.4 Å². The van der Waals surface area contributed by atoms with Crippen LogP contribution in [0, 0.1) is 0 Å². The van der Waals surface area contributed by atoms with Crippen molar-refractivity contribution in [2.45, 2.75) is 32.9 Å². The van der Waals surface area contributed by atoms with Crippen LogP contribution in [0.2, 0.25) is 0 Å². The second-order valence-corrected chi connectivity index (χ2v) is 7.23. The summed E-state index contributed by atoms with van der Waals surface area (Å²) in [5, 5.41) is 18.2. The van der Waals surface area contributed by atoms with Gasteiger partial charge in [0.15, 0.2) is 0 Å². The standard InChI is InChI=1S/C17H19N3O3S/c1-4-23-16(21)15-8-7-14(24-15)11-5-6-13-12(9-11)18-19-20(13)10-17(2,3)22/h5-9,22H,4,10H2,1-3H3. The van der Waals surface area contributed by atoms with E-state index in [4.69, 9.17) is 4.74 Å². The van der Waals surface area contributed by atoms with Crippen LogP contribution in [0.4, 0.5) is 0 Å². The molecule has 0 saturated heterocycles. The van der Waals surface area contributed by atoms with Gasteiger partial charge in [0.25, 0.3) is 0 Å². The number of thiophene rings is 1. The van der Waals surface area contributed by atoms with Gasteiger partial charge in [0.2, 0.25) is 0 Å². The minimum absolute atomic E-state index is 0.300. The smallest absolute Gasteiger partial charge is 0.348 e. The monoisotopic (exact) mass is 345 g/mol. The number of esters is 1. The van der Waals surface area contributed by atoms with Gasteiger partial charge in [0.1, 0.15) is 10.4 Å². The summed E-state index contributed by atoms with van der Waals surface area (Å²) >= 11 is 1.39. The molecule has 3 rings (SSSR count). The van der Waals surface area contributed by atoms with Crippen molar-refractivity contribution in [1.29, 1.82) is 0 Å². The van der Waals surface area contributed by atoms with Gasteiger partial charge in [0.05, 0.1) is 24.3 Å². The second kappa shape index (κ2) is 6.33. The fourth-order valence-corrected chi connectivity index (χ4v) is 3.31. The highest BCUT2D eigenvalue weighted by Crippen LogP contribution is 2.30. The summed E-state index contributed by atoms with van der Waals surface area (Å²) in [5.74, 6) is -0.300. The molecule has 2 heterocycles. The molecule has 0 saturated carbocycles. The van der Waals surface area contributed by atoms with E-state index in [9.17, 15) is 9.90 Å². The third kappa shape index (κ3) is 3.47. The first-order valence-corrected chi connectivity index (χ1v) is 8.52. The van der Waals surface area contributed by atoms with Crippen LogP contribution in [0.3, 0.4) is 0 Å². The molecule has 24 heavy (non-hydrogen) atoms. The van der Waals surface area contributed by atoms with Gasteiger partial charge < -0.3 is 9.84 Å². The van der Waals surface area contributed by atoms with Crippen LogP contribution in [-0.4, -0.2) is 38.3 Å². The highest BCUT2D eigenvalue weighted by Gasteiger charge is 2.17. The highest BCUT2D eigenvalue weighted by molar-refractivity contribution is 7.17. The molecular weight excluding hydrogens is 326 g/mol. The van der Waals surface area contributed by atoms with Gasteiger partial charge in [-0.3, -0.25) is 0 Å². The maximum atomic E-state index is 11.8. The summed E-state index contributed by atoms with van der Waals surface area (Å²) in [6.07, 6.45) is 0. The molecular formula is C17H19N3O3S. The molecule has 0 aliphatic heterocycles. The third-order valence-corrected chi connectivity index (χ3v) is 4.53. The summed E-state index contributed by atoms with van der Waals surface area (Å²) in [5.41, 5.74) is 1.73. The van der Waals surface area contributed by atoms with Gasteiger partial charge in [-0.05, 0) is 50.6 Å². The Kier molecular flexibility index (Phi) is 4.38. The van der Waals surface area contributed by atoms with E-state index in [0.717, 1.165) is 21.5 Å². The van der Waals surface area contributed by atoms with E-state index in [2.05, 4.69) is 10.3 Å². The number of fused-ring (bicyclic) bond motifs is 1. The first kappa shape index (κ1) is 16.6. The zero-order valence-electron chi connectivity index (χ0n) is 13.8. The SMILES string of the molecule is CCOC(=O)c1ccc(-c2ccc3c(c2)nnn3CC(C)(C)O)s1. The number of carbonyl (C=O) groups excluding carboxylic acids is 1. The van der Waals surface area contributed by atoms with Gasteiger partial charge in [-0.15, -0.1) is 16.4 Å². The van der Waals surface area contributed by atoms with E-state index in [1.54, 1.807) is 31.5 Å². The first-order valence-electron chi connectivity index (χ1n) is 7.70. The molecule has 0 fully saturated rings. The van der Waals surface area contributed by atoms with E-state index >= 15 is 0 Å². The average Bonchev–Trinajstić information content (AvgIpc) is 3.13. The van der Waals surface area contributed by atoms with Crippen molar-refractivity contribution in [2.24, 2.45) is 0 Å². The minimum atomic E-state index is -0.860. The normalized spacial score (nSPS) is 11.8. The number of nitrogens with zero attached hydrogens (tertiary/aromatic N) is 3. The van der Waals surface area contributed by atoms with Crippen LogP contribution in [0.1, 0.15) is 30.4 Å². The number of aliphatic hydroxyl groups is 1. The van der Waals surface area contributed by atoms with Crippen LogP contribution in [-0.2, 0) is 11.3 Å². The fourth-order valence-electron chi connectivity index (χ4n) is 2.41. The summed E-state index contributed by atoms with van der Waals surface area (Å²) in [6.45, 7) is 5.99. The van der Waals surface area contributed by atoms with Crippen LogP contribution < -0.4 is 0 Å². The minimum Gasteiger partial charge on any atom is -0.462 e. The van der Waals surface area contributed by atoms with Crippen molar-refractivity contribution in [3.05, 3.63) is 35.2 Å². The van der Waals surface area contributed by atoms with Gasteiger partial charge in [-0.25, -0.2) is 9.48 Å². The van der Waals surface area contributed by atoms with E-state index in [1.807, 2.05) is 24.3 Å². The fraction of sp³-hybridized carbons (Fsp3) is 0.353. The lowest BCUT2D eigenvalue weighted by Gasteiger charge is -2.16. The number of benzene rings is 1. The molecule has 1 aromatic carbocycles. The quantitative estimate of drug-likeness (QED) is 0.719. The Bertz CT molecular complexity index is 877. The Morgan fingerprint density at radius 1 is 1.33 bits per heavy atom. The lowest BCUT2D eigenvalue weighted by molar-refractivity contribution is 0.0531.